The van der Waals surface area contributed by atoms with Crippen molar-refractivity contribution in [2.45, 2.75) is 32.4 Å². The first-order chi connectivity index (χ1) is 7.71. The molecular weight excluding hydrogens is 305 g/mol. The van der Waals surface area contributed by atoms with Crippen LogP contribution in [0.15, 0.2) is 21.0 Å². The van der Waals surface area contributed by atoms with Gasteiger partial charge in [0.2, 0.25) is 0 Å². The van der Waals surface area contributed by atoms with Crippen LogP contribution in [0.5, 0.6) is 0 Å². The molecule has 17 heavy (non-hydrogen) atoms. The van der Waals surface area contributed by atoms with E-state index in [1.807, 2.05) is 20.8 Å². The molecule has 0 spiro atoms. The lowest BCUT2D eigenvalue weighted by atomic mass is 10.1. The molecule has 1 aromatic rings. The van der Waals surface area contributed by atoms with Crippen molar-refractivity contribution in [2.24, 2.45) is 4.40 Å². The number of rotatable bonds is 2. The molecule has 2 nitrogen and oxygen atoms in total. The van der Waals surface area contributed by atoms with Gasteiger partial charge >= 0.3 is 0 Å². The first-order valence-electron chi connectivity index (χ1n) is 5.13. The highest BCUT2D eigenvalue weighted by Gasteiger charge is 2.25. The van der Waals surface area contributed by atoms with E-state index in [1.54, 1.807) is 13.0 Å². The second-order valence-electron chi connectivity index (χ2n) is 4.72. The average molecular weight is 320 g/mol. The fourth-order valence-corrected chi connectivity index (χ4v) is 1.91. The third-order valence-corrected chi connectivity index (χ3v) is 4.29. The molecule has 0 bridgehead atoms. The van der Waals surface area contributed by atoms with Crippen LogP contribution in [0.1, 0.15) is 31.9 Å². The monoisotopic (exact) mass is 319 g/mol. The zero-order chi connectivity index (χ0) is 13.2. The molecule has 0 aromatic heterocycles. The van der Waals surface area contributed by atoms with Crippen LogP contribution in [-0.4, -0.2) is 15.5 Å². The van der Waals surface area contributed by atoms with Crippen molar-refractivity contribution in [3.63, 3.8) is 0 Å². The van der Waals surface area contributed by atoms with Gasteiger partial charge in [0.1, 0.15) is 21.9 Å². The van der Waals surface area contributed by atoms with Crippen LogP contribution in [0, 0.1) is 12.7 Å². The molecule has 0 N–H and O–H groups in total. The molecule has 1 rings (SSSR count). The van der Waals surface area contributed by atoms with Gasteiger partial charge in [0.15, 0.2) is 0 Å². The average Bonchev–Trinajstić information content (AvgIpc) is 2.19. The summed E-state index contributed by atoms with van der Waals surface area (Å²) in [7, 11) is 0. The molecule has 0 heterocycles. The third kappa shape index (κ3) is 4.08. The lowest BCUT2D eigenvalue weighted by Crippen LogP contribution is -2.25. The molecule has 0 aliphatic rings. The van der Waals surface area contributed by atoms with Gasteiger partial charge in [0, 0.05) is 10.0 Å². The molecule has 0 saturated carbocycles. The predicted molar refractivity (Wildman–Crippen MR) is 74.3 cm³/mol. The number of nitrogens with zero attached hydrogens (tertiary/aromatic N) is 1. The molecule has 94 valence electrons. The summed E-state index contributed by atoms with van der Waals surface area (Å²) < 4.78 is 29.5. The normalized spacial score (nSPS) is 14.3. The van der Waals surface area contributed by atoms with E-state index < -0.39 is 16.1 Å². The van der Waals surface area contributed by atoms with Crippen LogP contribution in [0.3, 0.4) is 0 Å². The summed E-state index contributed by atoms with van der Waals surface area (Å²) in [5.74, 6) is -0.361. The Hall–Kier alpha value is -0.390. The van der Waals surface area contributed by atoms with Gasteiger partial charge in [0.25, 0.3) is 0 Å². The molecule has 1 atom stereocenters. The molecular formula is C12H15BrFNOS. The Kier molecular flexibility index (Phi) is 4.75. The van der Waals surface area contributed by atoms with Crippen LogP contribution < -0.4 is 0 Å². The van der Waals surface area contributed by atoms with Crippen LogP contribution >= 0.6 is 15.9 Å². The summed E-state index contributed by atoms with van der Waals surface area (Å²) in [5.41, 5.74) is 1.15. The van der Waals surface area contributed by atoms with Crippen molar-refractivity contribution >= 4 is 33.5 Å². The van der Waals surface area contributed by atoms with E-state index in [4.69, 9.17) is 0 Å². The van der Waals surface area contributed by atoms with E-state index in [0.29, 0.717) is 5.56 Å². The second-order valence-corrected chi connectivity index (χ2v) is 7.51. The maximum Gasteiger partial charge on any atom is 0.144 e. The van der Waals surface area contributed by atoms with Crippen LogP contribution in [0.2, 0.25) is 0 Å². The van der Waals surface area contributed by atoms with Crippen molar-refractivity contribution < 1.29 is 8.94 Å². The number of aryl methyl sites for hydroxylation is 1. The van der Waals surface area contributed by atoms with Gasteiger partial charge in [0.05, 0.1) is 6.21 Å². The molecule has 1 unspecified atom stereocenters. The molecule has 0 aliphatic heterocycles. The van der Waals surface area contributed by atoms with Crippen LogP contribution in [0.25, 0.3) is 0 Å². The molecule has 1 aromatic carbocycles. The van der Waals surface area contributed by atoms with E-state index in [2.05, 4.69) is 20.3 Å². The van der Waals surface area contributed by atoms with Gasteiger partial charge < -0.3 is 4.55 Å². The topological polar surface area (TPSA) is 35.4 Å². The zero-order valence-electron chi connectivity index (χ0n) is 10.3. The number of hydrogen-bond donors (Lipinski definition) is 0. The van der Waals surface area contributed by atoms with Gasteiger partial charge in [-0.15, -0.1) is 0 Å². The zero-order valence-corrected chi connectivity index (χ0v) is 12.7. The lowest BCUT2D eigenvalue weighted by molar-refractivity contribution is 0.561. The van der Waals surface area contributed by atoms with Gasteiger partial charge in [-0.1, -0.05) is 20.3 Å². The SMILES string of the molecule is Cc1cc(F)c(C=N[S+]([O-])C(C)(C)C)cc1Br. The highest BCUT2D eigenvalue weighted by Crippen LogP contribution is 2.21. The maximum atomic E-state index is 13.6. The highest BCUT2D eigenvalue weighted by molar-refractivity contribution is 9.10. The molecule has 5 heteroatoms. The van der Waals surface area contributed by atoms with E-state index >= 15 is 0 Å². The van der Waals surface area contributed by atoms with Gasteiger partial charge in [-0.3, -0.25) is 0 Å². The molecule has 0 fully saturated rings. The Morgan fingerprint density at radius 2 is 2.00 bits per heavy atom. The molecule has 0 saturated heterocycles. The molecule has 0 aliphatic carbocycles. The summed E-state index contributed by atoms with van der Waals surface area (Å²) >= 11 is 1.95. The molecule has 0 amide bonds. The minimum absolute atomic E-state index is 0.333. The van der Waals surface area contributed by atoms with Gasteiger partial charge in [-0.2, -0.15) is 0 Å². The first-order valence-corrected chi connectivity index (χ1v) is 7.03. The minimum Gasteiger partial charge on any atom is -0.591 e. The third-order valence-electron chi connectivity index (χ3n) is 2.09. The minimum atomic E-state index is -1.37. The van der Waals surface area contributed by atoms with Crippen molar-refractivity contribution in [1.82, 2.24) is 0 Å². The van der Waals surface area contributed by atoms with Crippen molar-refractivity contribution in [3.8, 4) is 0 Å². The Balaban J connectivity index is 2.96. The second kappa shape index (κ2) is 5.50. The summed E-state index contributed by atoms with van der Waals surface area (Å²) in [6, 6.07) is 3.06. The fraction of sp³-hybridized carbons (Fsp3) is 0.417. The predicted octanol–water partition coefficient (Wildman–Crippen LogP) is 3.78. The fourth-order valence-electron chi connectivity index (χ4n) is 1.02. The van der Waals surface area contributed by atoms with Gasteiger partial charge in [-0.25, -0.2) is 4.39 Å². The number of halogens is 2. The van der Waals surface area contributed by atoms with Crippen molar-refractivity contribution in [3.05, 3.63) is 33.5 Å². The van der Waals surface area contributed by atoms with E-state index in [9.17, 15) is 8.94 Å². The lowest BCUT2D eigenvalue weighted by Gasteiger charge is -2.17. The Labute approximate surface area is 113 Å². The van der Waals surface area contributed by atoms with E-state index in [0.717, 1.165) is 10.0 Å². The maximum absolute atomic E-state index is 13.6. The van der Waals surface area contributed by atoms with Crippen molar-refractivity contribution in [2.75, 3.05) is 0 Å². The van der Waals surface area contributed by atoms with Gasteiger partial charge in [-0.05, 0) is 45.4 Å². The first kappa shape index (κ1) is 14.7. The Morgan fingerprint density at radius 3 is 2.53 bits per heavy atom. The Morgan fingerprint density at radius 1 is 1.41 bits per heavy atom. The summed E-state index contributed by atoms with van der Waals surface area (Å²) in [5, 5.41) is 0. The highest BCUT2D eigenvalue weighted by atomic mass is 79.9. The van der Waals surface area contributed by atoms with Crippen LogP contribution in [-0.2, 0) is 11.4 Å². The molecule has 0 radical (unpaired) electrons. The smallest absolute Gasteiger partial charge is 0.144 e. The number of hydrogen-bond acceptors (Lipinski definition) is 2. The summed E-state index contributed by atoms with van der Waals surface area (Å²) in [6.07, 6.45) is 1.32. The van der Waals surface area contributed by atoms with E-state index in [1.165, 1.54) is 12.3 Å². The van der Waals surface area contributed by atoms with E-state index in [-0.39, 0.29) is 5.82 Å². The van der Waals surface area contributed by atoms with Crippen molar-refractivity contribution in [1.29, 1.82) is 0 Å². The van der Waals surface area contributed by atoms with Crippen LogP contribution in [0.4, 0.5) is 4.39 Å². The quantitative estimate of drug-likeness (QED) is 0.603. The number of benzene rings is 1. The summed E-state index contributed by atoms with van der Waals surface area (Å²) in [6.45, 7) is 7.27. The summed E-state index contributed by atoms with van der Waals surface area (Å²) in [4.78, 5) is 0. The largest absolute Gasteiger partial charge is 0.591 e. The standard InChI is InChI=1S/C12H15BrFNOS/c1-8-5-11(14)9(6-10(8)13)7-15-17(16)12(2,3)4/h5-7H,1-4H3. The Bertz CT molecular complexity index is 443.